The average molecular weight is 273 g/mol. The molecule has 1 saturated heterocycles. The molecule has 0 atom stereocenters. The summed E-state index contributed by atoms with van der Waals surface area (Å²) in [5, 5.41) is 0. The molecule has 0 radical (unpaired) electrons. The first-order valence-corrected chi connectivity index (χ1v) is 7.10. The van der Waals surface area contributed by atoms with Gasteiger partial charge in [-0.05, 0) is 25.2 Å². The molecule has 0 unspecified atom stereocenters. The van der Waals surface area contributed by atoms with Gasteiger partial charge in [0.05, 0.1) is 6.54 Å². The molecule has 1 aliphatic rings. The van der Waals surface area contributed by atoms with Crippen LogP contribution in [-0.4, -0.2) is 62.7 Å². The predicted molar refractivity (Wildman–Crippen MR) is 81.8 cm³/mol. The standard InChI is InChI=1S/C16H23N3O/c1-18-8-10-19(11-9-18)12-13-20-16-6-2-4-15(14-16)5-3-7-17/h2,4,6,14H,7-13,17H2,1H3. The Kier molecular flexibility index (Phi) is 5.87. The fourth-order valence-electron chi connectivity index (χ4n) is 2.18. The van der Waals surface area contributed by atoms with Gasteiger partial charge in [0.25, 0.3) is 0 Å². The number of hydrogen-bond donors (Lipinski definition) is 1. The van der Waals surface area contributed by atoms with Crippen molar-refractivity contribution < 1.29 is 4.74 Å². The van der Waals surface area contributed by atoms with Crippen LogP contribution in [0.25, 0.3) is 0 Å². The van der Waals surface area contributed by atoms with Crippen molar-refractivity contribution in [1.82, 2.24) is 9.80 Å². The zero-order valence-electron chi connectivity index (χ0n) is 12.1. The van der Waals surface area contributed by atoms with E-state index in [4.69, 9.17) is 10.5 Å². The van der Waals surface area contributed by atoms with Gasteiger partial charge in [-0.15, -0.1) is 0 Å². The van der Waals surface area contributed by atoms with Crippen LogP contribution in [0.4, 0.5) is 0 Å². The molecule has 0 aliphatic carbocycles. The minimum absolute atomic E-state index is 0.383. The fourth-order valence-corrected chi connectivity index (χ4v) is 2.18. The lowest BCUT2D eigenvalue weighted by molar-refractivity contribution is 0.134. The van der Waals surface area contributed by atoms with E-state index in [1.165, 1.54) is 0 Å². The van der Waals surface area contributed by atoms with Crippen molar-refractivity contribution in [2.75, 3.05) is 52.9 Å². The molecule has 4 nitrogen and oxygen atoms in total. The Balaban J connectivity index is 1.76. The number of ether oxygens (including phenoxy) is 1. The zero-order chi connectivity index (χ0) is 14.2. The second kappa shape index (κ2) is 7.91. The summed E-state index contributed by atoms with van der Waals surface area (Å²) in [5.41, 5.74) is 6.32. The quantitative estimate of drug-likeness (QED) is 0.817. The topological polar surface area (TPSA) is 41.7 Å². The molecule has 2 rings (SSSR count). The minimum Gasteiger partial charge on any atom is -0.492 e. The number of hydrogen-bond acceptors (Lipinski definition) is 4. The highest BCUT2D eigenvalue weighted by molar-refractivity contribution is 5.39. The minimum atomic E-state index is 0.383. The summed E-state index contributed by atoms with van der Waals surface area (Å²) in [4.78, 5) is 4.80. The molecule has 0 bridgehead atoms. The van der Waals surface area contributed by atoms with E-state index in [1.807, 2.05) is 24.3 Å². The molecular formula is C16H23N3O. The molecule has 20 heavy (non-hydrogen) atoms. The third-order valence-corrected chi connectivity index (χ3v) is 3.44. The molecule has 0 aromatic heterocycles. The van der Waals surface area contributed by atoms with Crippen LogP contribution in [0.15, 0.2) is 24.3 Å². The van der Waals surface area contributed by atoms with E-state index in [9.17, 15) is 0 Å². The Morgan fingerprint density at radius 3 is 2.80 bits per heavy atom. The van der Waals surface area contributed by atoms with Crippen LogP contribution in [0.5, 0.6) is 5.75 Å². The highest BCUT2D eigenvalue weighted by Gasteiger charge is 2.12. The van der Waals surface area contributed by atoms with Gasteiger partial charge in [-0.25, -0.2) is 0 Å². The van der Waals surface area contributed by atoms with Crippen LogP contribution in [0.1, 0.15) is 5.56 Å². The molecule has 108 valence electrons. The molecule has 1 aliphatic heterocycles. The van der Waals surface area contributed by atoms with Crippen molar-refractivity contribution in [2.45, 2.75) is 0 Å². The summed E-state index contributed by atoms with van der Waals surface area (Å²) in [5.74, 6) is 6.75. The van der Waals surface area contributed by atoms with Crippen LogP contribution >= 0.6 is 0 Å². The smallest absolute Gasteiger partial charge is 0.120 e. The number of benzene rings is 1. The molecule has 4 heteroatoms. The lowest BCUT2D eigenvalue weighted by Gasteiger charge is -2.32. The highest BCUT2D eigenvalue weighted by Crippen LogP contribution is 2.12. The van der Waals surface area contributed by atoms with Crippen LogP contribution in [0.2, 0.25) is 0 Å². The van der Waals surface area contributed by atoms with Gasteiger partial charge in [0.15, 0.2) is 0 Å². The normalized spacial score (nSPS) is 16.5. The third kappa shape index (κ3) is 4.86. The molecule has 1 fully saturated rings. The second-order valence-electron chi connectivity index (χ2n) is 5.03. The molecule has 1 aromatic carbocycles. The average Bonchev–Trinajstić information content (AvgIpc) is 2.48. The number of piperazine rings is 1. The molecule has 1 heterocycles. The van der Waals surface area contributed by atoms with Crippen LogP contribution in [0.3, 0.4) is 0 Å². The van der Waals surface area contributed by atoms with Crippen molar-refractivity contribution in [3.05, 3.63) is 29.8 Å². The van der Waals surface area contributed by atoms with Gasteiger partial charge in [-0.2, -0.15) is 0 Å². The fraction of sp³-hybridized carbons (Fsp3) is 0.500. The van der Waals surface area contributed by atoms with E-state index in [0.29, 0.717) is 6.54 Å². The van der Waals surface area contributed by atoms with Crippen LogP contribution < -0.4 is 10.5 Å². The molecule has 1 aromatic rings. The maximum absolute atomic E-state index is 5.80. The number of nitrogens with zero attached hydrogens (tertiary/aromatic N) is 2. The first kappa shape index (κ1) is 14.9. The molecular weight excluding hydrogens is 250 g/mol. The first-order valence-electron chi connectivity index (χ1n) is 7.10. The predicted octanol–water partition coefficient (Wildman–Crippen LogP) is 0.623. The summed E-state index contributed by atoms with van der Waals surface area (Å²) in [6, 6.07) is 7.87. The van der Waals surface area contributed by atoms with Gasteiger partial charge in [-0.3, -0.25) is 4.90 Å². The highest BCUT2D eigenvalue weighted by atomic mass is 16.5. The van der Waals surface area contributed by atoms with E-state index in [0.717, 1.165) is 50.6 Å². The van der Waals surface area contributed by atoms with Crippen molar-refractivity contribution in [1.29, 1.82) is 0 Å². The summed E-state index contributed by atoms with van der Waals surface area (Å²) >= 11 is 0. The first-order chi connectivity index (χ1) is 9.78. The summed E-state index contributed by atoms with van der Waals surface area (Å²) in [7, 11) is 2.17. The Labute approximate surface area is 121 Å². The van der Waals surface area contributed by atoms with Gasteiger partial charge in [0.2, 0.25) is 0 Å². The molecule has 0 spiro atoms. The van der Waals surface area contributed by atoms with Gasteiger partial charge in [0.1, 0.15) is 12.4 Å². The molecule has 2 N–H and O–H groups in total. The Morgan fingerprint density at radius 1 is 1.25 bits per heavy atom. The zero-order valence-corrected chi connectivity index (χ0v) is 12.1. The largest absolute Gasteiger partial charge is 0.492 e. The van der Waals surface area contributed by atoms with E-state index >= 15 is 0 Å². The van der Waals surface area contributed by atoms with Crippen molar-refractivity contribution in [2.24, 2.45) is 5.73 Å². The Bertz CT molecular complexity index is 470. The van der Waals surface area contributed by atoms with Gasteiger partial charge in [-0.1, -0.05) is 17.9 Å². The third-order valence-electron chi connectivity index (χ3n) is 3.44. The van der Waals surface area contributed by atoms with Crippen LogP contribution in [-0.2, 0) is 0 Å². The summed E-state index contributed by atoms with van der Waals surface area (Å²) in [6.45, 7) is 6.62. The van der Waals surface area contributed by atoms with E-state index in [2.05, 4.69) is 28.7 Å². The van der Waals surface area contributed by atoms with Crippen molar-refractivity contribution in [3.63, 3.8) is 0 Å². The monoisotopic (exact) mass is 273 g/mol. The number of nitrogens with two attached hydrogens (primary N) is 1. The Hall–Kier alpha value is -1.54. The van der Waals surface area contributed by atoms with E-state index in [-0.39, 0.29) is 0 Å². The maximum atomic E-state index is 5.80. The van der Waals surface area contributed by atoms with Gasteiger partial charge >= 0.3 is 0 Å². The lowest BCUT2D eigenvalue weighted by atomic mass is 10.2. The lowest BCUT2D eigenvalue weighted by Crippen LogP contribution is -2.45. The van der Waals surface area contributed by atoms with E-state index < -0.39 is 0 Å². The molecule has 0 saturated carbocycles. The van der Waals surface area contributed by atoms with Gasteiger partial charge in [0, 0.05) is 38.3 Å². The van der Waals surface area contributed by atoms with Crippen molar-refractivity contribution >= 4 is 0 Å². The maximum Gasteiger partial charge on any atom is 0.120 e. The van der Waals surface area contributed by atoms with E-state index in [1.54, 1.807) is 0 Å². The van der Waals surface area contributed by atoms with Gasteiger partial charge < -0.3 is 15.4 Å². The summed E-state index contributed by atoms with van der Waals surface area (Å²) in [6.07, 6.45) is 0. The number of likely N-dealkylation sites (N-methyl/N-ethyl adjacent to an activating group) is 1. The summed E-state index contributed by atoms with van der Waals surface area (Å²) < 4.78 is 5.80. The van der Waals surface area contributed by atoms with Crippen molar-refractivity contribution in [3.8, 4) is 17.6 Å². The Morgan fingerprint density at radius 2 is 2.05 bits per heavy atom. The second-order valence-corrected chi connectivity index (χ2v) is 5.03. The molecule has 0 amide bonds. The number of rotatable bonds is 4. The SMILES string of the molecule is CN1CCN(CCOc2cccc(C#CCN)c2)CC1. The van der Waals surface area contributed by atoms with Crippen LogP contribution in [0, 0.1) is 11.8 Å².